The maximum Gasteiger partial charge on any atom is 0.120 e. The molecule has 0 atom stereocenters. The summed E-state index contributed by atoms with van der Waals surface area (Å²) in [7, 11) is 4.13. The summed E-state index contributed by atoms with van der Waals surface area (Å²) < 4.78 is 0. The molecule has 0 aromatic carbocycles. The molecule has 0 fully saturated rings. The molecule has 86 valence electrons. The van der Waals surface area contributed by atoms with Crippen LogP contribution in [0.5, 0.6) is 0 Å². The number of nitrogens with zero attached hydrogens (tertiary/aromatic N) is 3. The second-order valence-corrected chi connectivity index (χ2v) is 3.66. The van der Waals surface area contributed by atoms with Gasteiger partial charge in [0.25, 0.3) is 0 Å². The van der Waals surface area contributed by atoms with Crippen LogP contribution in [0.25, 0.3) is 6.08 Å². The smallest absolute Gasteiger partial charge is 0.120 e. The summed E-state index contributed by atoms with van der Waals surface area (Å²) in [4.78, 5) is 8.55. The van der Waals surface area contributed by atoms with Crippen molar-refractivity contribution in [1.29, 1.82) is 0 Å². The van der Waals surface area contributed by atoms with Crippen molar-refractivity contribution in [2.75, 3.05) is 14.1 Å². The van der Waals surface area contributed by atoms with Crippen LogP contribution >= 0.6 is 24.0 Å². The predicted octanol–water partition coefficient (Wildman–Crippen LogP) is 2.39. The molecule has 0 N–H and O–H groups in total. The minimum atomic E-state index is 0. The fourth-order valence-corrected chi connectivity index (χ4v) is 1.60. The summed E-state index contributed by atoms with van der Waals surface area (Å²) >= 11 is 0. The molecule has 0 radical (unpaired) electrons. The zero-order valence-electron chi connectivity index (χ0n) is 9.45. The van der Waals surface area contributed by atoms with Crippen LogP contribution in [0, 0.1) is 0 Å². The molecule has 0 spiro atoms. The van der Waals surface area contributed by atoms with Crippen LogP contribution in [-0.4, -0.2) is 35.0 Å². The average Bonchev–Trinajstić information content (AvgIpc) is 2.58. The van der Waals surface area contributed by atoms with Gasteiger partial charge >= 0.3 is 0 Å². The van der Waals surface area contributed by atoms with Gasteiger partial charge in [0, 0.05) is 32.7 Å². The topological polar surface area (TPSA) is 19.4 Å². The lowest BCUT2D eigenvalue weighted by molar-refractivity contribution is 0.258. The predicted molar refractivity (Wildman–Crippen MR) is 77.1 cm³/mol. The Balaban J connectivity index is 0.00000128. The van der Waals surface area contributed by atoms with Gasteiger partial charge in [-0.3, -0.25) is 4.98 Å². The maximum absolute atomic E-state index is 4.25. The molecule has 0 bridgehead atoms. The van der Waals surface area contributed by atoms with E-state index in [1.54, 1.807) is 6.20 Å². The summed E-state index contributed by atoms with van der Waals surface area (Å²) in [6, 6.07) is 5.92. The van der Waals surface area contributed by atoms with Crippen LogP contribution in [0.15, 0.2) is 42.9 Å². The molecule has 0 unspecified atom stereocenters. The monoisotopic (exact) mass is 329 g/mol. The van der Waals surface area contributed by atoms with Crippen LogP contribution in [0.1, 0.15) is 5.69 Å². The van der Waals surface area contributed by atoms with Crippen LogP contribution in [-0.2, 0) is 0 Å². The van der Waals surface area contributed by atoms with Crippen molar-refractivity contribution < 1.29 is 0 Å². The van der Waals surface area contributed by atoms with E-state index in [0.29, 0.717) is 6.17 Å². The van der Waals surface area contributed by atoms with E-state index in [2.05, 4.69) is 47.4 Å². The molecule has 0 amide bonds. The third-order valence-electron chi connectivity index (χ3n) is 2.50. The lowest BCUT2D eigenvalue weighted by Crippen LogP contribution is -2.31. The molecule has 1 aliphatic heterocycles. The van der Waals surface area contributed by atoms with Crippen LogP contribution < -0.4 is 0 Å². The van der Waals surface area contributed by atoms with Gasteiger partial charge in [-0.25, -0.2) is 0 Å². The molecule has 16 heavy (non-hydrogen) atoms. The number of aromatic nitrogens is 1. The Morgan fingerprint density at radius 1 is 1.19 bits per heavy atom. The Morgan fingerprint density at radius 2 is 1.88 bits per heavy atom. The fraction of sp³-hybridized carbons (Fsp3) is 0.250. The van der Waals surface area contributed by atoms with Gasteiger partial charge in [0.15, 0.2) is 0 Å². The largest absolute Gasteiger partial charge is 0.356 e. The van der Waals surface area contributed by atoms with Crippen LogP contribution in [0.2, 0.25) is 0 Å². The van der Waals surface area contributed by atoms with Crippen LogP contribution in [0.3, 0.4) is 0 Å². The zero-order chi connectivity index (χ0) is 10.7. The van der Waals surface area contributed by atoms with Gasteiger partial charge in [0.2, 0.25) is 0 Å². The summed E-state index contributed by atoms with van der Waals surface area (Å²) in [5.74, 6) is 0. The highest BCUT2D eigenvalue weighted by Crippen LogP contribution is 2.13. The molecule has 4 heteroatoms. The van der Waals surface area contributed by atoms with Crippen molar-refractivity contribution >= 4 is 30.1 Å². The molecule has 0 saturated carbocycles. The minimum absolute atomic E-state index is 0. The molecule has 3 nitrogen and oxygen atoms in total. The summed E-state index contributed by atoms with van der Waals surface area (Å²) in [6.45, 7) is 0. The van der Waals surface area contributed by atoms with Crippen molar-refractivity contribution in [2.45, 2.75) is 6.17 Å². The van der Waals surface area contributed by atoms with E-state index >= 15 is 0 Å². The van der Waals surface area contributed by atoms with E-state index in [4.69, 9.17) is 0 Å². The first-order valence-electron chi connectivity index (χ1n) is 4.99. The highest BCUT2D eigenvalue weighted by atomic mass is 127. The van der Waals surface area contributed by atoms with Crippen molar-refractivity contribution in [2.24, 2.45) is 0 Å². The Kier molecular flexibility index (Phi) is 4.79. The molecule has 0 saturated heterocycles. The van der Waals surface area contributed by atoms with Gasteiger partial charge in [0.1, 0.15) is 6.17 Å². The third kappa shape index (κ3) is 2.98. The van der Waals surface area contributed by atoms with Gasteiger partial charge < -0.3 is 9.80 Å². The highest BCUT2D eigenvalue weighted by Gasteiger charge is 2.16. The quantitative estimate of drug-likeness (QED) is 0.777. The normalized spacial score (nSPS) is 15.9. The zero-order valence-corrected chi connectivity index (χ0v) is 11.8. The van der Waals surface area contributed by atoms with Crippen molar-refractivity contribution in [3.8, 4) is 0 Å². The Bertz CT molecular complexity index is 363. The first-order valence-corrected chi connectivity index (χ1v) is 4.99. The molecule has 1 aromatic heterocycles. The number of pyridine rings is 1. The molecule has 1 aliphatic rings. The number of halogens is 1. The second-order valence-electron chi connectivity index (χ2n) is 3.66. The van der Waals surface area contributed by atoms with E-state index in [9.17, 15) is 0 Å². The summed E-state index contributed by atoms with van der Waals surface area (Å²) in [6.07, 6.45) is 10.4. The fourth-order valence-electron chi connectivity index (χ4n) is 1.60. The Morgan fingerprint density at radius 3 is 2.44 bits per heavy atom. The standard InChI is InChI=1S/C12H15N3.HI/c1-14-9-10-15(2)12(14)7-6-11-5-3-4-8-13-11;/h3-10,12H,1-2H3;1H/b7-6+;. The van der Waals surface area contributed by atoms with Crippen LogP contribution in [0.4, 0.5) is 0 Å². The van der Waals surface area contributed by atoms with E-state index in [1.165, 1.54) is 0 Å². The molecule has 1 aromatic rings. The molecular formula is C12H16IN3. The Labute approximate surface area is 113 Å². The van der Waals surface area contributed by atoms with Gasteiger partial charge in [0.05, 0.1) is 5.69 Å². The molecule has 2 rings (SSSR count). The van der Waals surface area contributed by atoms with Crippen molar-refractivity contribution in [1.82, 2.24) is 14.8 Å². The number of rotatable bonds is 2. The SMILES string of the molecule is CN1C=CN(C)C1/C=C/c1ccccn1.I. The lowest BCUT2D eigenvalue weighted by atomic mass is 10.3. The maximum atomic E-state index is 4.25. The number of hydrogen-bond donors (Lipinski definition) is 0. The molecular weight excluding hydrogens is 313 g/mol. The molecule has 2 heterocycles. The van der Waals surface area contributed by atoms with Gasteiger partial charge in [-0.2, -0.15) is 0 Å². The Hall–Kier alpha value is -1.04. The summed E-state index contributed by atoms with van der Waals surface area (Å²) in [5.41, 5.74) is 0.992. The highest BCUT2D eigenvalue weighted by molar-refractivity contribution is 14.0. The first kappa shape index (κ1) is 13.0. The van der Waals surface area contributed by atoms with Gasteiger partial charge in [-0.05, 0) is 24.3 Å². The van der Waals surface area contributed by atoms with Gasteiger partial charge in [-0.1, -0.05) is 6.07 Å². The third-order valence-corrected chi connectivity index (χ3v) is 2.50. The average molecular weight is 329 g/mol. The second kappa shape index (κ2) is 5.89. The van der Waals surface area contributed by atoms with E-state index in [1.807, 2.05) is 24.3 Å². The van der Waals surface area contributed by atoms with Crippen molar-refractivity contribution in [3.63, 3.8) is 0 Å². The first-order chi connectivity index (χ1) is 7.27. The summed E-state index contributed by atoms with van der Waals surface area (Å²) in [5, 5.41) is 0. The lowest BCUT2D eigenvalue weighted by Gasteiger charge is -2.24. The van der Waals surface area contributed by atoms with Gasteiger partial charge in [-0.15, -0.1) is 24.0 Å². The minimum Gasteiger partial charge on any atom is -0.356 e. The number of likely N-dealkylation sites (N-methyl/N-ethyl adjacent to an activating group) is 2. The van der Waals surface area contributed by atoms with E-state index < -0.39 is 0 Å². The number of hydrogen-bond acceptors (Lipinski definition) is 3. The van der Waals surface area contributed by atoms with Crippen molar-refractivity contribution in [3.05, 3.63) is 48.6 Å². The molecule has 0 aliphatic carbocycles. The van der Waals surface area contributed by atoms with E-state index in [-0.39, 0.29) is 24.0 Å². The van der Waals surface area contributed by atoms with E-state index in [0.717, 1.165) is 5.69 Å².